The number of nitrogens with one attached hydrogen (secondary N) is 1. The predicted octanol–water partition coefficient (Wildman–Crippen LogP) is 5.20. The van der Waals surface area contributed by atoms with Crippen LogP contribution in [0.4, 0.5) is 15.3 Å². The Morgan fingerprint density at radius 1 is 0.907 bits per heavy atom. The van der Waals surface area contributed by atoms with Crippen molar-refractivity contribution < 1.29 is 33.8 Å². The van der Waals surface area contributed by atoms with Crippen LogP contribution in [-0.4, -0.2) is 145 Å². The van der Waals surface area contributed by atoms with Gasteiger partial charge in [-0.25, -0.2) is 9.59 Å². The van der Waals surface area contributed by atoms with Gasteiger partial charge in [0.25, 0.3) is 0 Å². The number of likely N-dealkylation sites (tertiary alicyclic amines) is 2. The monoisotopic (exact) mass is 812 g/mol. The summed E-state index contributed by atoms with van der Waals surface area (Å²) in [5, 5.41) is 12.7. The number of phenolic OH excluding ortho intramolecular Hbond substituents is 1. The van der Waals surface area contributed by atoms with Gasteiger partial charge in [-0.05, 0) is 90.7 Å². The number of methoxy groups -OCH3 is 1. The number of phenols is 1. The second kappa shape index (κ2) is 20.2. The molecule has 0 aromatic heterocycles. The van der Waals surface area contributed by atoms with E-state index in [0.29, 0.717) is 49.6 Å². The fourth-order valence-corrected chi connectivity index (χ4v) is 8.37. The van der Waals surface area contributed by atoms with Crippen LogP contribution in [0.15, 0.2) is 46.9 Å². The van der Waals surface area contributed by atoms with E-state index in [1.807, 2.05) is 54.0 Å². The number of anilines is 1. The Kier molecular flexibility index (Phi) is 15.4. The predicted molar refractivity (Wildman–Crippen MR) is 210 cm³/mol. The number of rotatable bonds is 9. The average Bonchev–Trinajstić information content (AvgIpc) is 3.36. The largest absolute Gasteiger partial charge is 0.507 e. The highest BCUT2D eigenvalue weighted by molar-refractivity contribution is 9.10. The molecule has 2 aromatic rings. The average molecular weight is 814 g/mol. The Labute approximate surface area is 328 Å². The molecule has 2 N–H and O–H groups in total. The van der Waals surface area contributed by atoms with Gasteiger partial charge in [-0.1, -0.05) is 31.2 Å². The minimum atomic E-state index is -0.286. The van der Waals surface area contributed by atoms with Crippen molar-refractivity contribution in [2.75, 3.05) is 84.5 Å². The molecule has 296 valence electrons. The number of para-hydroxylation sites is 1. The molecule has 3 saturated heterocycles. The van der Waals surface area contributed by atoms with Crippen LogP contribution in [0.1, 0.15) is 57.1 Å². The van der Waals surface area contributed by atoms with Crippen molar-refractivity contribution in [3.8, 4) is 5.75 Å². The van der Waals surface area contributed by atoms with E-state index in [1.165, 1.54) is 12.7 Å². The molecule has 0 saturated carbocycles. The number of urea groups is 1. The Bertz CT molecular complexity index is 1570. The number of benzene rings is 2. The van der Waals surface area contributed by atoms with Gasteiger partial charge in [0.1, 0.15) is 5.75 Å². The summed E-state index contributed by atoms with van der Waals surface area (Å²) in [4.78, 5) is 59.0. The van der Waals surface area contributed by atoms with E-state index in [9.17, 15) is 24.3 Å². The number of ether oxygens (including phenoxy) is 2. The summed E-state index contributed by atoms with van der Waals surface area (Å²) in [6, 6.07) is 14.0. The van der Waals surface area contributed by atoms with Gasteiger partial charge in [0.05, 0.1) is 24.6 Å². The number of nitrogens with zero attached hydrogens (tertiary/aromatic N) is 5. The van der Waals surface area contributed by atoms with Crippen LogP contribution < -0.4 is 5.32 Å². The molecule has 0 bridgehead atoms. The molecule has 0 unspecified atom stereocenters. The van der Waals surface area contributed by atoms with Gasteiger partial charge in [-0.15, -0.1) is 0 Å². The van der Waals surface area contributed by atoms with Crippen LogP contribution in [0.3, 0.4) is 0 Å². The Morgan fingerprint density at radius 3 is 2.24 bits per heavy atom. The highest BCUT2D eigenvalue weighted by Gasteiger charge is 2.32. The molecule has 2 aromatic carbocycles. The third kappa shape index (κ3) is 11.3. The Hall–Kier alpha value is -3.88. The number of piperazine rings is 1. The van der Waals surface area contributed by atoms with Crippen molar-refractivity contribution in [3.05, 3.63) is 58.1 Å². The number of carbonyl (C=O) groups excluding carboxylic acids is 4. The first-order valence-corrected chi connectivity index (χ1v) is 20.2. The zero-order valence-corrected chi connectivity index (χ0v) is 33.6. The molecule has 4 aliphatic rings. The third-order valence-corrected chi connectivity index (χ3v) is 11.7. The van der Waals surface area contributed by atoms with Gasteiger partial charge in [0.2, 0.25) is 5.91 Å². The molecule has 4 aliphatic heterocycles. The zero-order valence-electron chi connectivity index (χ0n) is 32.0. The first kappa shape index (κ1) is 41.3. The third-order valence-electron chi connectivity index (χ3n) is 11.1. The second-order valence-corrected chi connectivity index (χ2v) is 15.5. The van der Waals surface area contributed by atoms with Gasteiger partial charge >= 0.3 is 18.1 Å². The van der Waals surface area contributed by atoms with Crippen LogP contribution in [0.2, 0.25) is 0 Å². The van der Waals surface area contributed by atoms with E-state index in [-0.39, 0.29) is 41.7 Å². The van der Waals surface area contributed by atoms with E-state index in [2.05, 4.69) is 37.1 Å². The molecule has 1 atom stereocenters. The number of amides is 4. The van der Waals surface area contributed by atoms with Gasteiger partial charge in [-0.2, -0.15) is 0 Å². The van der Waals surface area contributed by atoms with E-state index in [0.717, 1.165) is 89.2 Å². The lowest BCUT2D eigenvalue weighted by Gasteiger charge is -2.43. The molecular formula is C40H57BrN6O7. The lowest BCUT2D eigenvalue weighted by molar-refractivity contribution is -0.143. The number of fused-ring (bicyclic) bond motifs is 1. The molecule has 0 radical (unpaired) electrons. The van der Waals surface area contributed by atoms with Gasteiger partial charge < -0.3 is 39.5 Å². The SMILES string of the molecule is CCOC(=O)CCN1CCN(C2CCN(C(=O)[C@H](C)Cc3ccc(O)c(Br)c3)CC2)CC1.COC(=O)N1CCC(N2CCc3ccccc3NC2=O)CC1. The maximum Gasteiger partial charge on any atom is 0.409 e. The summed E-state index contributed by atoms with van der Waals surface area (Å²) in [5.74, 6) is 0.247. The summed E-state index contributed by atoms with van der Waals surface area (Å²) < 4.78 is 10.4. The van der Waals surface area contributed by atoms with Gasteiger partial charge in [0.15, 0.2) is 0 Å². The summed E-state index contributed by atoms with van der Waals surface area (Å²) in [6.07, 6.45) is 5.33. The van der Waals surface area contributed by atoms with Gasteiger partial charge in [0, 0.05) is 89.1 Å². The number of hydrogen-bond donors (Lipinski definition) is 2. The van der Waals surface area contributed by atoms with E-state index < -0.39 is 0 Å². The molecule has 3 fully saturated rings. The molecule has 6 rings (SSSR count). The molecule has 4 amide bonds. The summed E-state index contributed by atoms with van der Waals surface area (Å²) in [6.45, 7) is 12.7. The fourth-order valence-electron chi connectivity index (χ4n) is 7.94. The van der Waals surface area contributed by atoms with Crippen molar-refractivity contribution in [2.45, 2.75) is 70.9 Å². The molecule has 0 aliphatic carbocycles. The molecule has 13 nitrogen and oxygen atoms in total. The zero-order chi connectivity index (χ0) is 38.6. The lowest BCUT2D eigenvalue weighted by atomic mass is 9.97. The lowest BCUT2D eigenvalue weighted by Crippen LogP contribution is -2.54. The van der Waals surface area contributed by atoms with Crippen molar-refractivity contribution in [1.29, 1.82) is 0 Å². The maximum atomic E-state index is 13.0. The van der Waals surface area contributed by atoms with Crippen molar-refractivity contribution >= 4 is 45.6 Å². The van der Waals surface area contributed by atoms with Crippen LogP contribution >= 0.6 is 15.9 Å². The van der Waals surface area contributed by atoms with Crippen molar-refractivity contribution in [1.82, 2.24) is 24.5 Å². The normalized spacial score (nSPS) is 19.5. The van der Waals surface area contributed by atoms with Crippen LogP contribution in [0, 0.1) is 5.92 Å². The summed E-state index contributed by atoms with van der Waals surface area (Å²) >= 11 is 3.35. The Balaban J connectivity index is 0.000000222. The molecule has 14 heteroatoms. The van der Waals surface area contributed by atoms with Crippen LogP contribution in [-0.2, 0) is 31.9 Å². The van der Waals surface area contributed by atoms with E-state index in [4.69, 9.17) is 9.47 Å². The first-order chi connectivity index (χ1) is 26.1. The molecule has 4 heterocycles. The van der Waals surface area contributed by atoms with E-state index >= 15 is 0 Å². The molecule has 0 spiro atoms. The number of aromatic hydroxyl groups is 1. The number of halogens is 1. The number of piperidine rings is 2. The van der Waals surface area contributed by atoms with E-state index in [1.54, 1.807) is 11.0 Å². The highest BCUT2D eigenvalue weighted by atomic mass is 79.9. The van der Waals surface area contributed by atoms with Gasteiger partial charge in [-0.3, -0.25) is 14.5 Å². The number of carbonyl (C=O) groups is 4. The van der Waals surface area contributed by atoms with Crippen molar-refractivity contribution in [2.24, 2.45) is 5.92 Å². The molecule has 54 heavy (non-hydrogen) atoms. The van der Waals surface area contributed by atoms with Crippen molar-refractivity contribution in [3.63, 3.8) is 0 Å². The topological polar surface area (TPSA) is 135 Å². The fraction of sp³-hybridized carbons (Fsp3) is 0.600. The summed E-state index contributed by atoms with van der Waals surface area (Å²) in [5.41, 5.74) is 3.12. The standard InChI is InChI=1S/C24H36BrN3O4.C16H21N3O3/c1-3-32-23(30)8-9-26-12-14-27(15-13-26)20-6-10-28(11-7-20)24(31)18(2)16-19-4-5-22(29)21(25)17-19;1-22-16(21)18-9-7-13(8-10-18)19-11-6-12-4-2-3-5-14(12)17-15(19)20/h4-5,17-18,20,29H,3,6-16H2,1-2H3;2-5,13H,6-11H2,1H3,(H,17,20)/t18-;/m1./s1. The smallest absolute Gasteiger partial charge is 0.409 e. The highest BCUT2D eigenvalue weighted by Crippen LogP contribution is 2.27. The number of esters is 1. The molecular weight excluding hydrogens is 756 g/mol. The second-order valence-electron chi connectivity index (χ2n) is 14.6. The summed E-state index contributed by atoms with van der Waals surface area (Å²) in [7, 11) is 1.40. The first-order valence-electron chi connectivity index (χ1n) is 19.4. The Morgan fingerprint density at radius 2 is 1.57 bits per heavy atom. The minimum Gasteiger partial charge on any atom is -0.507 e. The van der Waals surface area contributed by atoms with Crippen LogP contribution in [0.25, 0.3) is 0 Å². The maximum absolute atomic E-state index is 13.0. The van der Waals surface area contributed by atoms with Crippen LogP contribution in [0.5, 0.6) is 5.75 Å². The minimum absolute atomic E-state index is 0.0403. The quantitative estimate of drug-likeness (QED) is 0.328. The number of hydrogen-bond acceptors (Lipinski definition) is 9.